The Hall–Kier alpha value is -1.49. The number of aliphatic hydroxyl groups is 1. The third-order valence-corrected chi connectivity index (χ3v) is 5.05. The van der Waals surface area contributed by atoms with Crippen LogP contribution in [0, 0.1) is 13.8 Å². The predicted molar refractivity (Wildman–Crippen MR) is 86.5 cm³/mol. The van der Waals surface area contributed by atoms with Crippen LogP contribution in [-0.4, -0.2) is 15.1 Å². The van der Waals surface area contributed by atoms with Crippen LogP contribution in [0.3, 0.4) is 0 Å². The molecule has 112 valence electrons. The van der Waals surface area contributed by atoms with E-state index in [1.807, 2.05) is 56.3 Å². The summed E-state index contributed by atoms with van der Waals surface area (Å²) < 4.78 is 12.5. The zero-order valence-corrected chi connectivity index (χ0v) is 13.2. The monoisotopic (exact) mass is 303 g/mol. The molecule has 0 aromatic heterocycles. The van der Waals surface area contributed by atoms with Crippen molar-refractivity contribution in [3.8, 4) is 0 Å². The maximum atomic E-state index is 12.5. The highest BCUT2D eigenvalue weighted by Crippen LogP contribution is 2.21. The summed E-state index contributed by atoms with van der Waals surface area (Å²) in [6.07, 6.45) is -0.738. The van der Waals surface area contributed by atoms with Gasteiger partial charge in [0.1, 0.15) is 0 Å². The Balaban J connectivity index is 2.12. The smallest absolute Gasteiger partial charge is 0.0908 e. The number of aryl methyl sites for hydroxylation is 2. The van der Waals surface area contributed by atoms with E-state index < -0.39 is 16.9 Å². The van der Waals surface area contributed by atoms with Crippen LogP contribution in [0.15, 0.2) is 47.4 Å². The molecule has 21 heavy (non-hydrogen) atoms. The minimum Gasteiger partial charge on any atom is -0.387 e. The molecule has 2 rings (SSSR count). The molecule has 2 atom stereocenters. The van der Waals surface area contributed by atoms with Gasteiger partial charge in [0.15, 0.2) is 0 Å². The quantitative estimate of drug-likeness (QED) is 0.892. The van der Waals surface area contributed by atoms with Crippen LogP contribution in [0.5, 0.6) is 0 Å². The largest absolute Gasteiger partial charge is 0.387 e. The number of aliphatic hydroxyl groups excluding tert-OH is 1. The summed E-state index contributed by atoms with van der Waals surface area (Å²) in [6.45, 7) is 4.39. The summed E-state index contributed by atoms with van der Waals surface area (Å²) in [6, 6.07) is 13.3. The van der Waals surface area contributed by atoms with Gasteiger partial charge in [0.2, 0.25) is 0 Å². The molecule has 0 heterocycles. The lowest BCUT2D eigenvalue weighted by Crippen LogP contribution is -2.10. The lowest BCUT2D eigenvalue weighted by atomic mass is 10.1. The van der Waals surface area contributed by atoms with Gasteiger partial charge in [-0.2, -0.15) is 0 Å². The van der Waals surface area contributed by atoms with Crippen LogP contribution in [0.1, 0.15) is 28.4 Å². The molecule has 3 nitrogen and oxygen atoms in total. The zero-order chi connectivity index (χ0) is 15.4. The summed E-state index contributed by atoms with van der Waals surface area (Å²) in [5.41, 5.74) is 9.40. The molecule has 0 aliphatic rings. The molecule has 0 amide bonds. The Bertz CT molecular complexity index is 638. The van der Waals surface area contributed by atoms with Crippen molar-refractivity contribution in [3.05, 3.63) is 64.7 Å². The Kier molecular flexibility index (Phi) is 5.28. The highest BCUT2D eigenvalue weighted by molar-refractivity contribution is 7.85. The van der Waals surface area contributed by atoms with Gasteiger partial charge < -0.3 is 10.8 Å². The molecule has 2 aromatic carbocycles. The zero-order valence-electron chi connectivity index (χ0n) is 12.4. The Morgan fingerprint density at radius 1 is 1.14 bits per heavy atom. The van der Waals surface area contributed by atoms with Crippen LogP contribution < -0.4 is 5.73 Å². The second kappa shape index (κ2) is 6.98. The average Bonchev–Trinajstić information content (AvgIpc) is 2.49. The van der Waals surface area contributed by atoms with Gasteiger partial charge in [-0.25, -0.2) is 0 Å². The van der Waals surface area contributed by atoms with E-state index in [1.54, 1.807) is 0 Å². The molecular formula is C17H21NO2S. The number of hydrogen-bond acceptors (Lipinski definition) is 3. The number of hydrogen-bond donors (Lipinski definition) is 2. The van der Waals surface area contributed by atoms with E-state index in [4.69, 9.17) is 5.73 Å². The van der Waals surface area contributed by atoms with Crippen molar-refractivity contribution < 1.29 is 9.32 Å². The molecule has 0 aliphatic carbocycles. The Morgan fingerprint density at radius 2 is 1.81 bits per heavy atom. The van der Waals surface area contributed by atoms with Crippen molar-refractivity contribution in [1.29, 1.82) is 0 Å². The lowest BCUT2D eigenvalue weighted by molar-refractivity contribution is 0.203. The first-order valence-corrected chi connectivity index (χ1v) is 8.25. The number of rotatable bonds is 5. The van der Waals surface area contributed by atoms with Crippen LogP contribution in [0.25, 0.3) is 0 Å². The van der Waals surface area contributed by atoms with Crippen molar-refractivity contribution in [2.24, 2.45) is 5.73 Å². The summed E-state index contributed by atoms with van der Waals surface area (Å²) >= 11 is 0. The van der Waals surface area contributed by atoms with E-state index in [0.717, 1.165) is 27.1 Å². The topological polar surface area (TPSA) is 63.3 Å². The molecular weight excluding hydrogens is 282 g/mol. The molecule has 3 N–H and O–H groups in total. The first-order chi connectivity index (χ1) is 10.0. The highest BCUT2D eigenvalue weighted by Gasteiger charge is 2.15. The molecule has 0 saturated carbocycles. The predicted octanol–water partition coefficient (Wildman–Crippen LogP) is 2.60. The second-order valence-electron chi connectivity index (χ2n) is 5.24. The highest BCUT2D eigenvalue weighted by atomic mass is 32.2. The van der Waals surface area contributed by atoms with Gasteiger partial charge in [-0.3, -0.25) is 4.21 Å². The second-order valence-corrected chi connectivity index (χ2v) is 6.71. The molecule has 4 heteroatoms. The molecule has 0 bridgehead atoms. The first kappa shape index (κ1) is 15.9. The minimum atomic E-state index is -1.22. The molecule has 0 aliphatic heterocycles. The molecule has 2 aromatic rings. The molecule has 0 saturated heterocycles. The van der Waals surface area contributed by atoms with Gasteiger partial charge in [0.25, 0.3) is 0 Å². The van der Waals surface area contributed by atoms with Gasteiger partial charge in [-0.1, -0.05) is 36.4 Å². The maximum absolute atomic E-state index is 12.5. The summed E-state index contributed by atoms with van der Waals surface area (Å²) in [5, 5.41) is 10.3. The van der Waals surface area contributed by atoms with Crippen LogP contribution >= 0.6 is 0 Å². The normalized spacial score (nSPS) is 13.9. The van der Waals surface area contributed by atoms with Crippen molar-refractivity contribution in [2.75, 3.05) is 5.75 Å². The summed E-state index contributed by atoms with van der Waals surface area (Å²) in [4.78, 5) is 0.799. The Morgan fingerprint density at radius 3 is 2.43 bits per heavy atom. The number of nitrogens with two attached hydrogens (primary N) is 1. The summed E-state index contributed by atoms with van der Waals surface area (Å²) in [5.74, 6) is 0.201. The van der Waals surface area contributed by atoms with Crippen LogP contribution in [0.4, 0.5) is 0 Å². The third kappa shape index (κ3) is 4.00. The van der Waals surface area contributed by atoms with E-state index >= 15 is 0 Å². The van der Waals surface area contributed by atoms with E-state index in [2.05, 4.69) is 0 Å². The van der Waals surface area contributed by atoms with Gasteiger partial charge >= 0.3 is 0 Å². The fraction of sp³-hybridized carbons (Fsp3) is 0.294. The van der Waals surface area contributed by atoms with Crippen molar-refractivity contribution in [2.45, 2.75) is 31.4 Å². The molecule has 0 fully saturated rings. The number of benzene rings is 2. The third-order valence-electron chi connectivity index (χ3n) is 3.50. The summed E-state index contributed by atoms with van der Waals surface area (Å²) in [7, 11) is -1.22. The average molecular weight is 303 g/mol. The van der Waals surface area contributed by atoms with Gasteiger partial charge in [0.05, 0.1) is 22.7 Å². The molecule has 0 spiro atoms. The maximum Gasteiger partial charge on any atom is 0.0908 e. The van der Waals surface area contributed by atoms with E-state index in [-0.39, 0.29) is 5.75 Å². The van der Waals surface area contributed by atoms with E-state index in [9.17, 15) is 9.32 Å². The van der Waals surface area contributed by atoms with Crippen LogP contribution in [0.2, 0.25) is 0 Å². The minimum absolute atomic E-state index is 0.201. The fourth-order valence-electron chi connectivity index (χ4n) is 2.16. The van der Waals surface area contributed by atoms with Gasteiger partial charge in [-0.15, -0.1) is 0 Å². The van der Waals surface area contributed by atoms with Crippen molar-refractivity contribution in [1.82, 2.24) is 0 Å². The van der Waals surface area contributed by atoms with Crippen LogP contribution in [-0.2, 0) is 17.3 Å². The standard InChI is InChI=1S/C17H21NO2S/c1-12-3-4-13(2)17(9-12)21(20)11-16(19)15-7-5-14(10-18)6-8-15/h3-9,16,19H,10-11,18H2,1-2H3. The van der Waals surface area contributed by atoms with E-state index in [0.29, 0.717) is 6.54 Å². The first-order valence-electron chi connectivity index (χ1n) is 6.94. The van der Waals surface area contributed by atoms with Gasteiger partial charge in [0, 0.05) is 11.4 Å². The lowest BCUT2D eigenvalue weighted by Gasteiger charge is -2.13. The van der Waals surface area contributed by atoms with Crippen molar-refractivity contribution in [3.63, 3.8) is 0 Å². The Labute approximate surface area is 128 Å². The SMILES string of the molecule is Cc1ccc(C)c(S(=O)CC(O)c2ccc(CN)cc2)c1. The van der Waals surface area contributed by atoms with E-state index in [1.165, 1.54) is 0 Å². The fourth-order valence-corrected chi connectivity index (χ4v) is 3.56. The molecule has 0 radical (unpaired) electrons. The molecule has 2 unspecified atom stereocenters. The van der Waals surface area contributed by atoms with Crippen molar-refractivity contribution >= 4 is 10.8 Å². The van der Waals surface area contributed by atoms with Gasteiger partial charge in [-0.05, 0) is 42.2 Å².